The van der Waals surface area contributed by atoms with Gasteiger partial charge in [-0.15, -0.1) is 0 Å². The van der Waals surface area contributed by atoms with Crippen LogP contribution in [0.3, 0.4) is 0 Å². The molecule has 9 heteroatoms. The van der Waals surface area contributed by atoms with Crippen molar-refractivity contribution in [3.8, 4) is 0 Å². The van der Waals surface area contributed by atoms with Gasteiger partial charge >= 0.3 is 6.18 Å². The Hall–Kier alpha value is -2.58. The van der Waals surface area contributed by atoms with Gasteiger partial charge in [0, 0.05) is 26.6 Å². The third kappa shape index (κ3) is 6.86. The predicted molar refractivity (Wildman–Crippen MR) is 101 cm³/mol. The minimum absolute atomic E-state index is 0.00586. The molecule has 0 amide bonds. The van der Waals surface area contributed by atoms with E-state index in [9.17, 15) is 13.2 Å². The fourth-order valence-corrected chi connectivity index (χ4v) is 2.70. The molecular formula is C19H26F3N5O. The fraction of sp³-hybridized carbons (Fsp3) is 0.526. The maximum Gasteiger partial charge on any atom is 0.416 e. The van der Waals surface area contributed by atoms with Crippen LogP contribution in [0, 0.1) is 6.92 Å². The second kappa shape index (κ2) is 10.1. The molecule has 0 saturated carbocycles. The van der Waals surface area contributed by atoms with Crippen molar-refractivity contribution < 1.29 is 17.7 Å². The van der Waals surface area contributed by atoms with Crippen LogP contribution in [0.2, 0.25) is 0 Å². The summed E-state index contributed by atoms with van der Waals surface area (Å²) in [6.45, 7) is 4.97. The van der Waals surface area contributed by atoms with Crippen molar-refractivity contribution >= 4 is 5.96 Å². The van der Waals surface area contributed by atoms with Crippen LogP contribution in [0.5, 0.6) is 0 Å². The van der Waals surface area contributed by atoms with Gasteiger partial charge in [0.25, 0.3) is 0 Å². The lowest BCUT2D eigenvalue weighted by Gasteiger charge is -2.16. The van der Waals surface area contributed by atoms with Crippen molar-refractivity contribution in [3.63, 3.8) is 0 Å². The van der Waals surface area contributed by atoms with Crippen LogP contribution < -0.4 is 10.6 Å². The molecule has 0 fully saturated rings. The van der Waals surface area contributed by atoms with Crippen LogP contribution in [0.1, 0.15) is 48.5 Å². The van der Waals surface area contributed by atoms with Gasteiger partial charge in [-0.25, -0.2) is 0 Å². The number of alkyl halides is 3. The average molecular weight is 397 g/mol. The first kappa shape index (κ1) is 21.7. The number of hydrogen-bond acceptors (Lipinski definition) is 4. The van der Waals surface area contributed by atoms with E-state index in [2.05, 4.69) is 25.8 Å². The Morgan fingerprint density at radius 1 is 1.25 bits per heavy atom. The molecule has 1 aromatic carbocycles. The van der Waals surface area contributed by atoms with Gasteiger partial charge in [-0.2, -0.15) is 18.2 Å². The number of aromatic nitrogens is 2. The lowest BCUT2D eigenvalue weighted by Crippen LogP contribution is -2.38. The number of aryl methyl sites for hydroxylation is 2. The van der Waals surface area contributed by atoms with Crippen molar-refractivity contribution in [3.05, 3.63) is 47.1 Å². The molecule has 2 rings (SSSR count). The molecule has 0 saturated heterocycles. The summed E-state index contributed by atoms with van der Waals surface area (Å²) in [6.07, 6.45) is -2.15. The largest absolute Gasteiger partial charge is 0.416 e. The standard InChI is InChI=1S/C19H26F3N5O/c1-13(15-6-4-7-16(12-15)19(20,21)22)9-11-25-18(23-3)24-10-5-8-17-26-14(2)27-28-17/h4,6-7,12-13H,5,8-11H2,1-3H3,(H2,23,24,25). The molecule has 1 aromatic heterocycles. The van der Waals surface area contributed by atoms with Crippen LogP contribution in [0.25, 0.3) is 0 Å². The topological polar surface area (TPSA) is 75.3 Å². The molecule has 0 aliphatic carbocycles. The quantitative estimate of drug-likeness (QED) is 0.404. The molecule has 0 aliphatic heterocycles. The summed E-state index contributed by atoms with van der Waals surface area (Å²) in [6, 6.07) is 5.49. The molecule has 28 heavy (non-hydrogen) atoms. The summed E-state index contributed by atoms with van der Waals surface area (Å²) in [5.74, 6) is 1.87. The Morgan fingerprint density at radius 2 is 2.00 bits per heavy atom. The van der Waals surface area contributed by atoms with Gasteiger partial charge in [-0.05, 0) is 37.3 Å². The van der Waals surface area contributed by atoms with Gasteiger partial charge < -0.3 is 15.2 Å². The van der Waals surface area contributed by atoms with E-state index >= 15 is 0 Å². The first-order chi connectivity index (χ1) is 13.3. The second-order valence-corrected chi connectivity index (χ2v) is 6.58. The minimum Gasteiger partial charge on any atom is -0.356 e. The van der Waals surface area contributed by atoms with Crippen molar-refractivity contribution in [2.24, 2.45) is 4.99 Å². The highest BCUT2D eigenvalue weighted by molar-refractivity contribution is 5.79. The number of aliphatic imine (C=N–C) groups is 1. The van der Waals surface area contributed by atoms with Crippen molar-refractivity contribution in [1.29, 1.82) is 0 Å². The smallest absolute Gasteiger partial charge is 0.356 e. The number of rotatable bonds is 8. The lowest BCUT2D eigenvalue weighted by atomic mass is 9.96. The maximum absolute atomic E-state index is 12.8. The zero-order chi connectivity index (χ0) is 20.6. The molecule has 0 bridgehead atoms. The molecular weight excluding hydrogens is 371 g/mol. The third-order valence-corrected chi connectivity index (χ3v) is 4.31. The highest BCUT2D eigenvalue weighted by atomic mass is 19.4. The number of hydrogen-bond donors (Lipinski definition) is 2. The summed E-state index contributed by atoms with van der Waals surface area (Å²) in [4.78, 5) is 8.29. The number of benzene rings is 1. The Balaban J connectivity index is 1.71. The van der Waals surface area contributed by atoms with E-state index in [1.807, 2.05) is 6.92 Å². The Morgan fingerprint density at radius 3 is 2.64 bits per heavy atom. The normalized spacial score (nSPS) is 13.4. The van der Waals surface area contributed by atoms with Crippen LogP contribution in [0.4, 0.5) is 13.2 Å². The number of nitrogens with zero attached hydrogens (tertiary/aromatic N) is 3. The monoisotopic (exact) mass is 397 g/mol. The first-order valence-electron chi connectivity index (χ1n) is 9.20. The van der Waals surface area contributed by atoms with E-state index in [0.29, 0.717) is 49.2 Å². The average Bonchev–Trinajstić information content (AvgIpc) is 3.08. The maximum atomic E-state index is 12.8. The van der Waals surface area contributed by atoms with Gasteiger partial charge in [-0.1, -0.05) is 30.3 Å². The molecule has 0 radical (unpaired) electrons. The second-order valence-electron chi connectivity index (χ2n) is 6.58. The van der Waals surface area contributed by atoms with E-state index in [4.69, 9.17) is 4.52 Å². The molecule has 1 heterocycles. The molecule has 1 unspecified atom stereocenters. The van der Waals surface area contributed by atoms with E-state index < -0.39 is 11.7 Å². The molecule has 6 nitrogen and oxygen atoms in total. The lowest BCUT2D eigenvalue weighted by molar-refractivity contribution is -0.137. The van der Waals surface area contributed by atoms with Crippen molar-refractivity contribution in [1.82, 2.24) is 20.8 Å². The summed E-state index contributed by atoms with van der Waals surface area (Å²) < 4.78 is 43.6. The summed E-state index contributed by atoms with van der Waals surface area (Å²) in [5, 5.41) is 10.1. The van der Waals surface area contributed by atoms with Gasteiger partial charge in [0.1, 0.15) is 0 Å². The van der Waals surface area contributed by atoms with E-state index in [1.165, 1.54) is 12.1 Å². The zero-order valence-electron chi connectivity index (χ0n) is 16.3. The molecule has 0 aliphatic rings. The number of nitrogens with one attached hydrogen (secondary N) is 2. The van der Waals surface area contributed by atoms with Gasteiger partial charge in [-0.3, -0.25) is 4.99 Å². The summed E-state index contributed by atoms with van der Waals surface area (Å²) >= 11 is 0. The predicted octanol–water partition coefficient (Wildman–Crippen LogP) is 3.69. The van der Waals surface area contributed by atoms with E-state index in [1.54, 1.807) is 20.0 Å². The number of halogens is 3. The number of guanidine groups is 1. The molecule has 2 aromatic rings. The van der Waals surface area contributed by atoms with Crippen LogP contribution in [-0.2, 0) is 12.6 Å². The van der Waals surface area contributed by atoms with Crippen molar-refractivity contribution in [2.45, 2.75) is 45.2 Å². The summed E-state index contributed by atoms with van der Waals surface area (Å²) in [5.41, 5.74) is 0.0631. The fourth-order valence-electron chi connectivity index (χ4n) is 2.70. The first-order valence-corrected chi connectivity index (χ1v) is 9.20. The van der Waals surface area contributed by atoms with Gasteiger partial charge in [0.15, 0.2) is 11.8 Å². The van der Waals surface area contributed by atoms with Crippen LogP contribution in [0.15, 0.2) is 33.8 Å². The van der Waals surface area contributed by atoms with E-state index in [-0.39, 0.29) is 5.92 Å². The Labute approximate surface area is 162 Å². The van der Waals surface area contributed by atoms with Gasteiger partial charge in [0.2, 0.25) is 5.89 Å². The van der Waals surface area contributed by atoms with Crippen molar-refractivity contribution in [2.75, 3.05) is 20.1 Å². The molecule has 154 valence electrons. The zero-order valence-corrected chi connectivity index (χ0v) is 16.3. The van der Waals surface area contributed by atoms with Gasteiger partial charge in [0.05, 0.1) is 5.56 Å². The summed E-state index contributed by atoms with van der Waals surface area (Å²) in [7, 11) is 1.67. The Kier molecular flexibility index (Phi) is 7.83. The Bertz CT molecular complexity index is 773. The highest BCUT2D eigenvalue weighted by Gasteiger charge is 2.30. The molecule has 2 N–H and O–H groups in total. The van der Waals surface area contributed by atoms with Crippen LogP contribution >= 0.6 is 0 Å². The van der Waals surface area contributed by atoms with Crippen LogP contribution in [-0.4, -0.2) is 36.2 Å². The van der Waals surface area contributed by atoms with E-state index in [0.717, 1.165) is 12.5 Å². The third-order valence-electron chi connectivity index (χ3n) is 4.31. The molecule has 1 atom stereocenters. The highest BCUT2D eigenvalue weighted by Crippen LogP contribution is 2.31. The SMILES string of the molecule is CN=C(NCCCc1nc(C)no1)NCCC(C)c1cccc(C(F)(F)F)c1. The molecule has 0 spiro atoms. The minimum atomic E-state index is -4.32.